The molecule has 4 aromatic carbocycles. The van der Waals surface area contributed by atoms with Crippen LogP contribution in [0.4, 0.5) is 5.69 Å². The molecule has 5 nitrogen and oxygen atoms in total. The summed E-state index contributed by atoms with van der Waals surface area (Å²) in [6, 6.07) is 31.1. The van der Waals surface area contributed by atoms with E-state index in [4.69, 9.17) is 4.74 Å². The average molecular weight is 453 g/mol. The number of fused-ring (bicyclic) bond motifs is 1. The van der Waals surface area contributed by atoms with Crippen LogP contribution in [0.1, 0.15) is 31.0 Å². The van der Waals surface area contributed by atoms with Gasteiger partial charge in [0.2, 0.25) is 5.91 Å². The van der Waals surface area contributed by atoms with Gasteiger partial charge in [0.05, 0.1) is 6.04 Å². The van der Waals surface area contributed by atoms with E-state index in [2.05, 4.69) is 5.32 Å². The predicted molar refractivity (Wildman–Crippen MR) is 136 cm³/mol. The molecule has 0 fully saturated rings. The second-order valence-electron chi connectivity index (χ2n) is 8.29. The number of benzene rings is 4. The standard InChI is InChI=1S/C29H28N2O3/c1-21(25-13-8-14-27(17-25)30-22(2)32)31(19-23-9-4-3-5-10-23)29(33)20-34-28-16-15-24-11-6-7-12-26(24)18-28/h3-18,21H,19-20H2,1-2H3,(H,30,32). The highest BCUT2D eigenvalue weighted by atomic mass is 16.5. The summed E-state index contributed by atoms with van der Waals surface area (Å²) in [6.45, 7) is 3.85. The minimum absolute atomic E-state index is 0.0686. The third-order valence-electron chi connectivity index (χ3n) is 5.76. The third-order valence-corrected chi connectivity index (χ3v) is 5.76. The highest BCUT2D eigenvalue weighted by Gasteiger charge is 2.23. The summed E-state index contributed by atoms with van der Waals surface area (Å²) < 4.78 is 5.91. The van der Waals surface area contributed by atoms with Crippen LogP contribution in [-0.4, -0.2) is 23.3 Å². The van der Waals surface area contributed by atoms with Crippen molar-refractivity contribution in [2.24, 2.45) is 0 Å². The Morgan fingerprint density at radius 2 is 1.59 bits per heavy atom. The fourth-order valence-corrected chi connectivity index (χ4v) is 3.97. The summed E-state index contributed by atoms with van der Waals surface area (Å²) in [6.07, 6.45) is 0. The topological polar surface area (TPSA) is 58.6 Å². The molecule has 1 N–H and O–H groups in total. The van der Waals surface area contributed by atoms with E-state index in [9.17, 15) is 9.59 Å². The maximum atomic E-state index is 13.4. The number of nitrogens with one attached hydrogen (secondary N) is 1. The third kappa shape index (κ3) is 5.81. The number of ether oxygens (including phenoxy) is 1. The Labute approximate surface area is 200 Å². The van der Waals surface area contributed by atoms with Crippen LogP contribution in [0.2, 0.25) is 0 Å². The van der Waals surface area contributed by atoms with Crippen LogP contribution in [0.5, 0.6) is 5.75 Å². The number of amides is 2. The van der Waals surface area contributed by atoms with Crippen molar-refractivity contribution >= 4 is 28.3 Å². The Morgan fingerprint density at radius 1 is 0.853 bits per heavy atom. The van der Waals surface area contributed by atoms with Gasteiger partial charge in [-0.15, -0.1) is 0 Å². The zero-order valence-electron chi connectivity index (χ0n) is 19.4. The average Bonchev–Trinajstić information content (AvgIpc) is 2.85. The zero-order valence-corrected chi connectivity index (χ0v) is 19.4. The summed E-state index contributed by atoms with van der Waals surface area (Å²) in [4.78, 5) is 26.7. The van der Waals surface area contributed by atoms with Crippen molar-refractivity contribution in [3.63, 3.8) is 0 Å². The van der Waals surface area contributed by atoms with Gasteiger partial charge in [-0.3, -0.25) is 9.59 Å². The Kier molecular flexibility index (Phi) is 7.23. The molecule has 1 unspecified atom stereocenters. The first kappa shape index (κ1) is 23.1. The maximum absolute atomic E-state index is 13.4. The minimum Gasteiger partial charge on any atom is -0.484 e. The molecule has 0 aliphatic heterocycles. The molecular formula is C29H28N2O3. The summed E-state index contributed by atoms with van der Waals surface area (Å²) in [5.74, 6) is 0.410. The van der Waals surface area contributed by atoms with Gasteiger partial charge in [-0.25, -0.2) is 0 Å². The molecule has 4 aromatic rings. The number of anilines is 1. The van der Waals surface area contributed by atoms with Gasteiger partial charge in [-0.2, -0.15) is 0 Å². The molecule has 2 amide bonds. The van der Waals surface area contributed by atoms with Crippen LogP contribution in [0.3, 0.4) is 0 Å². The molecule has 0 aromatic heterocycles. The van der Waals surface area contributed by atoms with Gasteiger partial charge < -0.3 is 15.0 Å². The molecule has 0 aliphatic carbocycles. The lowest BCUT2D eigenvalue weighted by Crippen LogP contribution is -2.36. The Bertz CT molecular complexity index is 1290. The van der Waals surface area contributed by atoms with Gasteiger partial charge in [-0.1, -0.05) is 72.8 Å². The monoisotopic (exact) mass is 452 g/mol. The summed E-state index contributed by atoms with van der Waals surface area (Å²) in [5, 5.41) is 5.00. The predicted octanol–water partition coefficient (Wildman–Crippen LogP) is 5.97. The molecule has 0 saturated heterocycles. The van der Waals surface area contributed by atoms with Crippen LogP contribution in [-0.2, 0) is 16.1 Å². The molecule has 172 valence electrons. The molecule has 1 atom stereocenters. The molecule has 0 bridgehead atoms. The van der Waals surface area contributed by atoms with Crippen molar-refractivity contribution in [2.45, 2.75) is 26.4 Å². The first-order valence-corrected chi connectivity index (χ1v) is 11.3. The maximum Gasteiger partial charge on any atom is 0.261 e. The van der Waals surface area contributed by atoms with E-state index in [1.165, 1.54) is 6.92 Å². The Hall–Kier alpha value is -4.12. The molecule has 0 saturated carbocycles. The number of rotatable bonds is 8. The lowest BCUT2D eigenvalue weighted by atomic mass is 10.0. The zero-order chi connectivity index (χ0) is 23.9. The summed E-state index contributed by atoms with van der Waals surface area (Å²) in [5.41, 5.74) is 2.67. The molecule has 0 heterocycles. The van der Waals surface area contributed by atoms with E-state index in [0.717, 1.165) is 21.9 Å². The SMILES string of the molecule is CC(=O)Nc1cccc(C(C)N(Cc2ccccc2)C(=O)COc2ccc3ccccc3c2)c1. The summed E-state index contributed by atoms with van der Waals surface area (Å²) in [7, 11) is 0. The molecule has 34 heavy (non-hydrogen) atoms. The van der Waals surface area contributed by atoms with E-state index < -0.39 is 0 Å². The van der Waals surface area contributed by atoms with E-state index >= 15 is 0 Å². The smallest absolute Gasteiger partial charge is 0.261 e. The molecule has 0 spiro atoms. The van der Waals surface area contributed by atoms with E-state index in [1.54, 1.807) is 0 Å². The number of carbonyl (C=O) groups excluding carboxylic acids is 2. The minimum atomic E-state index is -0.221. The fraction of sp³-hybridized carbons (Fsp3) is 0.172. The molecule has 4 rings (SSSR count). The first-order chi connectivity index (χ1) is 16.5. The van der Waals surface area contributed by atoms with Gasteiger partial charge in [0.1, 0.15) is 5.75 Å². The second-order valence-corrected chi connectivity index (χ2v) is 8.29. The molecular weight excluding hydrogens is 424 g/mol. The van der Waals surface area contributed by atoms with Crippen molar-refractivity contribution in [3.05, 3.63) is 108 Å². The van der Waals surface area contributed by atoms with Crippen LogP contribution >= 0.6 is 0 Å². The van der Waals surface area contributed by atoms with Crippen molar-refractivity contribution in [1.29, 1.82) is 0 Å². The van der Waals surface area contributed by atoms with Crippen LogP contribution in [0, 0.1) is 0 Å². The van der Waals surface area contributed by atoms with Crippen molar-refractivity contribution < 1.29 is 14.3 Å². The van der Waals surface area contributed by atoms with E-state index in [-0.39, 0.29) is 24.5 Å². The Balaban J connectivity index is 1.54. The van der Waals surface area contributed by atoms with Crippen LogP contribution in [0.25, 0.3) is 10.8 Å². The van der Waals surface area contributed by atoms with Gasteiger partial charge in [0, 0.05) is 19.2 Å². The molecule has 0 aliphatic rings. The lowest BCUT2D eigenvalue weighted by Gasteiger charge is -2.30. The van der Waals surface area contributed by atoms with Crippen molar-refractivity contribution in [1.82, 2.24) is 4.90 Å². The lowest BCUT2D eigenvalue weighted by molar-refractivity contribution is -0.136. The van der Waals surface area contributed by atoms with E-state index in [0.29, 0.717) is 18.0 Å². The normalized spacial score (nSPS) is 11.6. The fourth-order valence-electron chi connectivity index (χ4n) is 3.97. The van der Waals surface area contributed by atoms with E-state index in [1.807, 2.05) is 109 Å². The second kappa shape index (κ2) is 10.7. The van der Waals surface area contributed by atoms with Crippen LogP contribution in [0.15, 0.2) is 97.1 Å². The highest BCUT2D eigenvalue weighted by molar-refractivity contribution is 5.88. The largest absolute Gasteiger partial charge is 0.484 e. The number of carbonyl (C=O) groups is 2. The van der Waals surface area contributed by atoms with Crippen LogP contribution < -0.4 is 10.1 Å². The van der Waals surface area contributed by atoms with Gasteiger partial charge in [-0.05, 0) is 53.1 Å². The molecule has 5 heteroatoms. The first-order valence-electron chi connectivity index (χ1n) is 11.3. The molecule has 0 radical (unpaired) electrons. The number of nitrogens with zero attached hydrogens (tertiary/aromatic N) is 1. The number of hydrogen-bond acceptors (Lipinski definition) is 3. The van der Waals surface area contributed by atoms with Gasteiger partial charge in [0.25, 0.3) is 5.91 Å². The van der Waals surface area contributed by atoms with Gasteiger partial charge in [0.15, 0.2) is 6.61 Å². The summed E-state index contributed by atoms with van der Waals surface area (Å²) >= 11 is 0. The Morgan fingerprint density at radius 3 is 2.35 bits per heavy atom. The highest BCUT2D eigenvalue weighted by Crippen LogP contribution is 2.26. The quantitative estimate of drug-likeness (QED) is 0.358. The van der Waals surface area contributed by atoms with Crippen molar-refractivity contribution in [3.8, 4) is 5.75 Å². The van der Waals surface area contributed by atoms with Crippen molar-refractivity contribution in [2.75, 3.05) is 11.9 Å². The van der Waals surface area contributed by atoms with Gasteiger partial charge >= 0.3 is 0 Å². The number of hydrogen-bond donors (Lipinski definition) is 1.